The minimum absolute atomic E-state index is 0.507. The van der Waals surface area contributed by atoms with E-state index in [-0.39, 0.29) is 0 Å². The highest BCUT2D eigenvalue weighted by Gasteiger charge is 2.11. The molecular formula is C17H16N6O2S. The zero-order valence-corrected chi connectivity index (χ0v) is 15.0. The SMILES string of the molecule is Cn1cc(-c2cc3c(-c4ccc(NS(C)(=O)=O)cc4)ncnn3c2)cn1. The fourth-order valence-electron chi connectivity index (χ4n) is 2.79. The quantitative estimate of drug-likeness (QED) is 0.596. The van der Waals surface area contributed by atoms with Crippen molar-refractivity contribution >= 4 is 21.2 Å². The molecule has 9 heteroatoms. The second-order valence-electron chi connectivity index (χ2n) is 6.02. The second-order valence-corrected chi connectivity index (χ2v) is 7.77. The van der Waals surface area contributed by atoms with Gasteiger partial charge in [-0.25, -0.2) is 17.9 Å². The molecule has 0 saturated carbocycles. The summed E-state index contributed by atoms with van der Waals surface area (Å²) in [6.07, 6.45) is 8.28. The third kappa shape index (κ3) is 3.16. The second kappa shape index (κ2) is 5.95. The average Bonchev–Trinajstić information content (AvgIpc) is 3.19. The van der Waals surface area contributed by atoms with E-state index in [0.29, 0.717) is 5.69 Å². The third-order valence-electron chi connectivity index (χ3n) is 3.91. The number of aromatic nitrogens is 5. The van der Waals surface area contributed by atoms with E-state index in [1.54, 1.807) is 27.5 Å². The fraction of sp³-hybridized carbons (Fsp3) is 0.118. The number of aryl methyl sites for hydroxylation is 1. The zero-order valence-electron chi connectivity index (χ0n) is 14.2. The highest BCUT2D eigenvalue weighted by atomic mass is 32.2. The average molecular weight is 368 g/mol. The van der Waals surface area contributed by atoms with Crippen LogP contribution < -0.4 is 4.72 Å². The Hall–Kier alpha value is -3.20. The van der Waals surface area contributed by atoms with E-state index < -0.39 is 10.0 Å². The van der Waals surface area contributed by atoms with Crippen molar-refractivity contribution in [2.24, 2.45) is 7.05 Å². The van der Waals surface area contributed by atoms with E-state index in [2.05, 4.69) is 19.9 Å². The van der Waals surface area contributed by atoms with Crippen molar-refractivity contribution in [2.75, 3.05) is 11.0 Å². The summed E-state index contributed by atoms with van der Waals surface area (Å²) in [5.41, 5.74) is 4.99. The summed E-state index contributed by atoms with van der Waals surface area (Å²) in [4.78, 5) is 4.40. The summed E-state index contributed by atoms with van der Waals surface area (Å²) in [6.45, 7) is 0. The number of fused-ring (bicyclic) bond motifs is 1. The molecule has 0 aliphatic carbocycles. The van der Waals surface area contributed by atoms with Gasteiger partial charge in [-0.3, -0.25) is 9.40 Å². The van der Waals surface area contributed by atoms with Crippen molar-refractivity contribution in [3.8, 4) is 22.4 Å². The number of rotatable bonds is 4. The summed E-state index contributed by atoms with van der Waals surface area (Å²) in [5.74, 6) is 0. The van der Waals surface area contributed by atoms with E-state index in [0.717, 1.165) is 34.2 Å². The predicted molar refractivity (Wildman–Crippen MR) is 99.1 cm³/mol. The van der Waals surface area contributed by atoms with E-state index >= 15 is 0 Å². The molecule has 0 fully saturated rings. The lowest BCUT2D eigenvalue weighted by atomic mass is 10.1. The first kappa shape index (κ1) is 16.3. The Kier molecular flexibility index (Phi) is 3.73. The number of benzene rings is 1. The standard InChI is InChI=1S/C17H16N6O2S/c1-22-9-14(8-19-22)13-7-16-17(18-11-20-23(16)10-13)12-3-5-15(6-4-12)21-26(2,24)25/h3-11,21H,1-2H3. The largest absolute Gasteiger partial charge is 0.284 e. The van der Waals surface area contributed by atoms with Gasteiger partial charge in [-0.15, -0.1) is 0 Å². The monoisotopic (exact) mass is 368 g/mol. The Balaban J connectivity index is 1.75. The van der Waals surface area contributed by atoms with Crippen LogP contribution in [-0.4, -0.2) is 39.1 Å². The fourth-order valence-corrected chi connectivity index (χ4v) is 3.35. The van der Waals surface area contributed by atoms with Crippen molar-refractivity contribution in [3.63, 3.8) is 0 Å². The van der Waals surface area contributed by atoms with Gasteiger partial charge in [-0.2, -0.15) is 10.2 Å². The van der Waals surface area contributed by atoms with Gasteiger partial charge in [0.1, 0.15) is 6.33 Å². The number of sulfonamides is 1. The third-order valence-corrected chi connectivity index (χ3v) is 4.51. The summed E-state index contributed by atoms with van der Waals surface area (Å²) in [6, 6.07) is 9.08. The molecule has 0 bridgehead atoms. The first-order chi connectivity index (χ1) is 12.4. The van der Waals surface area contributed by atoms with Crippen LogP contribution in [0.1, 0.15) is 0 Å². The molecule has 0 unspecified atom stereocenters. The molecule has 0 atom stereocenters. The summed E-state index contributed by atoms with van der Waals surface area (Å²) < 4.78 is 28.6. The molecule has 1 N–H and O–H groups in total. The minimum atomic E-state index is -3.30. The van der Waals surface area contributed by atoms with Gasteiger partial charge < -0.3 is 0 Å². The molecular weight excluding hydrogens is 352 g/mol. The van der Waals surface area contributed by atoms with Gasteiger partial charge >= 0.3 is 0 Å². The normalized spacial score (nSPS) is 11.8. The van der Waals surface area contributed by atoms with Crippen LogP contribution in [0.2, 0.25) is 0 Å². The molecule has 4 rings (SSSR count). The Morgan fingerprint density at radius 2 is 1.77 bits per heavy atom. The molecule has 0 aliphatic heterocycles. The predicted octanol–water partition coefficient (Wildman–Crippen LogP) is 2.17. The first-order valence-electron chi connectivity index (χ1n) is 7.80. The van der Waals surface area contributed by atoms with Gasteiger partial charge in [-0.05, 0) is 18.2 Å². The van der Waals surface area contributed by atoms with Crippen molar-refractivity contribution < 1.29 is 8.42 Å². The molecule has 4 aromatic rings. The van der Waals surface area contributed by atoms with Gasteiger partial charge in [0.2, 0.25) is 10.0 Å². The van der Waals surface area contributed by atoms with E-state index in [9.17, 15) is 8.42 Å². The first-order valence-corrected chi connectivity index (χ1v) is 9.69. The van der Waals surface area contributed by atoms with E-state index in [1.165, 1.54) is 6.33 Å². The van der Waals surface area contributed by atoms with E-state index in [4.69, 9.17) is 0 Å². The molecule has 0 aliphatic rings. The zero-order chi connectivity index (χ0) is 18.3. The molecule has 0 amide bonds. The lowest BCUT2D eigenvalue weighted by Gasteiger charge is -2.06. The molecule has 1 aromatic carbocycles. The molecule has 0 saturated heterocycles. The smallest absolute Gasteiger partial charge is 0.229 e. The maximum Gasteiger partial charge on any atom is 0.229 e. The van der Waals surface area contributed by atoms with Crippen LogP contribution in [0.4, 0.5) is 5.69 Å². The summed E-state index contributed by atoms with van der Waals surface area (Å²) in [5, 5.41) is 8.47. The van der Waals surface area contributed by atoms with Crippen LogP contribution in [-0.2, 0) is 17.1 Å². The number of hydrogen-bond donors (Lipinski definition) is 1. The Bertz CT molecular complexity index is 1190. The summed E-state index contributed by atoms with van der Waals surface area (Å²) in [7, 11) is -1.43. The maximum atomic E-state index is 11.3. The number of hydrogen-bond acceptors (Lipinski definition) is 5. The Labute approximate surface area is 150 Å². The molecule has 3 aromatic heterocycles. The molecule has 132 valence electrons. The van der Waals surface area contributed by atoms with Crippen molar-refractivity contribution in [3.05, 3.63) is 55.2 Å². The number of nitrogens with one attached hydrogen (secondary N) is 1. The van der Waals surface area contributed by atoms with Crippen molar-refractivity contribution in [2.45, 2.75) is 0 Å². The van der Waals surface area contributed by atoms with Gasteiger partial charge in [0.05, 0.1) is 23.7 Å². The summed E-state index contributed by atoms with van der Waals surface area (Å²) >= 11 is 0. The van der Waals surface area contributed by atoms with Gasteiger partial charge in [0, 0.05) is 41.8 Å². The van der Waals surface area contributed by atoms with E-state index in [1.807, 2.05) is 37.6 Å². The van der Waals surface area contributed by atoms with Gasteiger partial charge in [0.15, 0.2) is 0 Å². The van der Waals surface area contributed by atoms with Crippen LogP contribution >= 0.6 is 0 Å². The Morgan fingerprint density at radius 3 is 2.42 bits per heavy atom. The molecule has 3 heterocycles. The molecule has 8 nitrogen and oxygen atoms in total. The van der Waals surface area contributed by atoms with Gasteiger partial charge in [-0.1, -0.05) is 12.1 Å². The van der Waals surface area contributed by atoms with Crippen LogP contribution in [0.15, 0.2) is 55.2 Å². The highest BCUT2D eigenvalue weighted by molar-refractivity contribution is 7.92. The Morgan fingerprint density at radius 1 is 1.00 bits per heavy atom. The van der Waals surface area contributed by atoms with Crippen molar-refractivity contribution in [1.82, 2.24) is 24.4 Å². The van der Waals surface area contributed by atoms with Crippen molar-refractivity contribution in [1.29, 1.82) is 0 Å². The molecule has 0 spiro atoms. The van der Waals surface area contributed by atoms with Crippen LogP contribution in [0.3, 0.4) is 0 Å². The lowest BCUT2D eigenvalue weighted by Crippen LogP contribution is -2.09. The number of nitrogens with zero attached hydrogens (tertiary/aromatic N) is 5. The highest BCUT2D eigenvalue weighted by Crippen LogP contribution is 2.28. The lowest BCUT2D eigenvalue weighted by molar-refractivity contribution is 0.607. The van der Waals surface area contributed by atoms with Crippen LogP contribution in [0, 0.1) is 0 Å². The maximum absolute atomic E-state index is 11.3. The van der Waals surface area contributed by atoms with Crippen LogP contribution in [0.25, 0.3) is 27.9 Å². The topological polar surface area (TPSA) is 94.2 Å². The minimum Gasteiger partial charge on any atom is -0.284 e. The van der Waals surface area contributed by atoms with Crippen LogP contribution in [0.5, 0.6) is 0 Å². The van der Waals surface area contributed by atoms with Gasteiger partial charge in [0.25, 0.3) is 0 Å². The molecule has 26 heavy (non-hydrogen) atoms. The molecule has 0 radical (unpaired) electrons. The number of anilines is 1.